The summed E-state index contributed by atoms with van der Waals surface area (Å²) in [6.07, 6.45) is 0.627. The molecular formula is C17H30F3N5O. The maximum absolute atomic E-state index is 12.8. The molecule has 2 aliphatic rings. The van der Waals surface area contributed by atoms with Crippen molar-refractivity contribution in [2.75, 3.05) is 39.8 Å². The van der Waals surface area contributed by atoms with Crippen molar-refractivity contribution in [2.45, 2.75) is 57.3 Å². The molecule has 1 amide bonds. The number of hydrogen-bond acceptors (Lipinski definition) is 3. The number of rotatable bonds is 5. The summed E-state index contributed by atoms with van der Waals surface area (Å²) in [4.78, 5) is 19.5. The Bertz CT molecular complexity index is 483. The Balaban J connectivity index is 1.70. The molecule has 1 atom stereocenters. The molecule has 0 spiro atoms. The third-order valence-corrected chi connectivity index (χ3v) is 5.20. The fraction of sp³-hybridized carbons (Fsp3) is 0.882. The first kappa shape index (κ1) is 20.8. The Morgan fingerprint density at radius 1 is 1.19 bits per heavy atom. The molecule has 1 saturated heterocycles. The molecule has 1 saturated carbocycles. The van der Waals surface area contributed by atoms with Crippen molar-refractivity contribution in [2.24, 2.45) is 4.99 Å². The van der Waals surface area contributed by atoms with Gasteiger partial charge in [0, 0.05) is 52.2 Å². The summed E-state index contributed by atoms with van der Waals surface area (Å²) in [5, 5.41) is 6.18. The van der Waals surface area contributed by atoms with Crippen LogP contribution < -0.4 is 10.6 Å². The summed E-state index contributed by atoms with van der Waals surface area (Å²) in [5.41, 5.74) is 0. The summed E-state index contributed by atoms with van der Waals surface area (Å²) >= 11 is 0. The van der Waals surface area contributed by atoms with Gasteiger partial charge < -0.3 is 15.5 Å². The Labute approximate surface area is 153 Å². The largest absolute Gasteiger partial charge is 0.403 e. The second-order valence-electron chi connectivity index (χ2n) is 7.01. The predicted molar refractivity (Wildman–Crippen MR) is 95.0 cm³/mol. The van der Waals surface area contributed by atoms with E-state index in [1.165, 1.54) is 24.7 Å². The van der Waals surface area contributed by atoms with Gasteiger partial charge in [0.15, 0.2) is 5.96 Å². The van der Waals surface area contributed by atoms with Gasteiger partial charge in [0.1, 0.15) is 6.04 Å². The zero-order chi connectivity index (χ0) is 19.2. The first-order valence-electron chi connectivity index (χ1n) is 9.37. The maximum atomic E-state index is 12.8. The van der Waals surface area contributed by atoms with E-state index in [2.05, 4.69) is 15.6 Å². The molecule has 2 rings (SSSR count). The van der Waals surface area contributed by atoms with E-state index in [0.29, 0.717) is 51.1 Å². The van der Waals surface area contributed by atoms with Gasteiger partial charge in [0.05, 0.1) is 0 Å². The molecule has 9 heteroatoms. The lowest BCUT2D eigenvalue weighted by Crippen LogP contribution is -2.56. The fourth-order valence-electron chi connectivity index (χ4n) is 3.52. The van der Waals surface area contributed by atoms with Crippen molar-refractivity contribution < 1.29 is 18.0 Å². The van der Waals surface area contributed by atoms with Crippen molar-refractivity contribution in [1.29, 1.82) is 0 Å². The second kappa shape index (κ2) is 9.43. The second-order valence-corrected chi connectivity index (χ2v) is 7.01. The topological polar surface area (TPSA) is 60.0 Å². The van der Waals surface area contributed by atoms with E-state index in [1.54, 1.807) is 7.05 Å². The summed E-state index contributed by atoms with van der Waals surface area (Å²) in [7, 11) is 1.64. The van der Waals surface area contributed by atoms with Crippen LogP contribution in [-0.2, 0) is 4.79 Å². The van der Waals surface area contributed by atoms with Crippen LogP contribution in [0.5, 0.6) is 0 Å². The van der Waals surface area contributed by atoms with Gasteiger partial charge in [-0.2, -0.15) is 13.2 Å². The normalized spacial score (nSPS) is 21.7. The number of guanidine groups is 1. The van der Waals surface area contributed by atoms with Gasteiger partial charge in [-0.15, -0.1) is 0 Å². The number of carbonyl (C=O) groups excluding carboxylic acids is 1. The maximum Gasteiger partial charge on any atom is 0.403 e. The molecule has 1 aliphatic heterocycles. The van der Waals surface area contributed by atoms with Crippen LogP contribution in [0.1, 0.15) is 39.0 Å². The van der Waals surface area contributed by atoms with E-state index in [0.717, 1.165) is 12.8 Å². The number of carbonyl (C=O) groups is 1. The number of nitrogens with zero attached hydrogens (tertiary/aromatic N) is 3. The minimum atomic E-state index is -4.20. The number of hydrogen-bond donors (Lipinski definition) is 2. The molecular weight excluding hydrogens is 347 g/mol. The Hall–Kier alpha value is -1.51. The van der Waals surface area contributed by atoms with E-state index < -0.39 is 12.2 Å². The van der Waals surface area contributed by atoms with Crippen molar-refractivity contribution in [3.63, 3.8) is 0 Å². The highest BCUT2D eigenvalue weighted by Crippen LogP contribution is 2.25. The minimum absolute atomic E-state index is 0.0312. The lowest BCUT2D eigenvalue weighted by atomic mass is 10.2. The molecule has 26 heavy (non-hydrogen) atoms. The molecule has 6 nitrogen and oxygen atoms in total. The summed E-state index contributed by atoms with van der Waals surface area (Å²) in [5.74, 6) is 0.668. The highest BCUT2D eigenvalue weighted by molar-refractivity contribution is 5.81. The zero-order valence-electron chi connectivity index (χ0n) is 15.6. The van der Waals surface area contributed by atoms with E-state index in [9.17, 15) is 18.0 Å². The molecule has 0 aromatic carbocycles. The number of alkyl halides is 3. The van der Waals surface area contributed by atoms with Gasteiger partial charge in [0.25, 0.3) is 0 Å². The van der Waals surface area contributed by atoms with Gasteiger partial charge in [-0.05, 0) is 19.8 Å². The molecule has 150 valence electrons. The number of piperazine rings is 1. The predicted octanol–water partition coefficient (Wildman–Crippen LogP) is 1.58. The molecule has 2 fully saturated rings. The standard InChI is InChI=1S/C17H30F3N5O/c1-13(17(18,19)20)24-9-11-25(12-10-24)16(21-2)22-8-7-15(26)23-14-5-3-4-6-14/h13-14H,3-12H2,1-2H3,(H,21,22)(H,23,26). The van der Waals surface area contributed by atoms with Crippen LogP contribution in [0.25, 0.3) is 0 Å². The van der Waals surface area contributed by atoms with Crippen LogP contribution in [0.4, 0.5) is 13.2 Å². The van der Waals surface area contributed by atoms with E-state index in [4.69, 9.17) is 0 Å². The first-order chi connectivity index (χ1) is 12.3. The number of aliphatic imine (C=N–C) groups is 1. The van der Waals surface area contributed by atoms with Gasteiger partial charge >= 0.3 is 6.18 Å². The van der Waals surface area contributed by atoms with Crippen LogP contribution in [0.3, 0.4) is 0 Å². The lowest BCUT2D eigenvalue weighted by Gasteiger charge is -2.39. The van der Waals surface area contributed by atoms with Crippen LogP contribution in [0.15, 0.2) is 4.99 Å². The fourth-order valence-corrected chi connectivity index (χ4v) is 3.52. The molecule has 1 aliphatic carbocycles. The summed E-state index contributed by atoms with van der Waals surface area (Å²) < 4.78 is 38.4. The third kappa shape index (κ3) is 6.03. The lowest BCUT2D eigenvalue weighted by molar-refractivity contribution is -0.181. The van der Waals surface area contributed by atoms with Crippen molar-refractivity contribution in [3.05, 3.63) is 0 Å². The Morgan fingerprint density at radius 2 is 1.81 bits per heavy atom. The van der Waals surface area contributed by atoms with Gasteiger partial charge in [-0.3, -0.25) is 14.7 Å². The quantitative estimate of drug-likeness (QED) is 0.564. The number of amides is 1. The van der Waals surface area contributed by atoms with Crippen LogP contribution in [-0.4, -0.2) is 79.7 Å². The van der Waals surface area contributed by atoms with E-state index in [-0.39, 0.29) is 5.91 Å². The Kier molecular flexibility index (Phi) is 7.55. The molecule has 0 radical (unpaired) electrons. The summed E-state index contributed by atoms with van der Waals surface area (Å²) in [6, 6.07) is -1.12. The van der Waals surface area contributed by atoms with Crippen LogP contribution in [0, 0.1) is 0 Å². The highest BCUT2D eigenvalue weighted by atomic mass is 19.4. The SMILES string of the molecule is CN=C(NCCC(=O)NC1CCCC1)N1CCN(C(C)C(F)(F)F)CC1. The molecule has 0 bridgehead atoms. The number of nitrogens with one attached hydrogen (secondary N) is 2. The van der Waals surface area contributed by atoms with Crippen molar-refractivity contribution >= 4 is 11.9 Å². The van der Waals surface area contributed by atoms with Crippen molar-refractivity contribution in [3.8, 4) is 0 Å². The molecule has 1 unspecified atom stereocenters. The first-order valence-corrected chi connectivity index (χ1v) is 9.37. The van der Waals surface area contributed by atoms with E-state index in [1.807, 2.05) is 4.90 Å². The van der Waals surface area contributed by atoms with Gasteiger partial charge in [0.2, 0.25) is 5.91 Å². The van der Waals surface area contributed by atoms with Gasteiger partial charge in [-0.1, -0.05) is 12.8 Å². The Morgan fingerprint density at radius 3 is 2.35 bits per heavy atom. The molecule has 0 aromatic heterocycles. The molecule has 0 aromatic rings. The average Bonchev–Trinajstić information content (AvgIpc) is 3.10. The number of halogens is 3. The molecule has 2 N–H and O–H groups in total. The van der Waals surface area contributed by atoms with Crippen LogP contribution in [0.2, 0.25) is 0 Å². The summed E-state index contributed by atoms with van der Waals surface area (Å²) in [6.45, 7) is 3.30. The third-order valence-electron chi connectivity index (χ3n) is 5.20. The zero-order valence-corrected chi connectivity index (χ0v) is 15.6. The van der Waals surface area contributed by atoms with Gasteiger partial charge in [-0.25, -0.2) is 0 Å². The van der Waals surface area contributed by atoms with Crippen molar-refractivity contribution in [1.82, 2.24) is 20.4 Å². The monoisotopic (exact) mass is 377 g/mol. The average molecular weight is 377 g/mol. The smallest absolute Gasteiger partial charge is 0.356 e. The minimum Gasteiger partial charge on any atom is -0.356 e. The highest BCUT2D eigenvalue weighted by Gasteiger charge is 2.41. The van der Waals surface area contributed by atoms with E-state index >= 15 is 0 Å². The molecule has 1 heterocycles. The van der Waals surface area contributed by atoms with Crippen LogP contribution >= 0.6 is 0 Å².